The fourth-order valence-corrected chi connectivity index (χ4v) is 6.31. The maximum absolute atomic E-state index is 14.1. The Kier molecular flexibility index (Phi) is 15.3. The Morgan fingerprint density at radius 3 is 2.23 bits per heavy atom. The Labute approximate surface area is 289 Å². The Morgan fingerprint density at radius 1 is 0.938 bits per heavy atom. The predicted molar refractivity (Wildman–Crippen MR) is 189 cm³/mol. The highest BCUT2D eigenvalue weighted by atomic mass is 32.1. The summed E-state index contributed by atoms with van der Waals surface area (Å²) in [5, 5.41) is 6.15. The molecule has 0 saturated carbocycles. The first kappa shape index (κ1) is 37.0. The summed E-state index contributed by atoms with van der Waals surface area (Å²) in [5.74, 6) is 0.0463. The van der Waals surface area contributed by atoms with Crippen LogP contribution in [-0.4, -0.2) is 90.7 Å². The second-order valence-corrected chi connectivity index (χ2v) is 13.8. The molecule has 1 aromatic heterocycles. The molecule has 0 radical (unpaired) electrons. The fraction of sp³-hybridized carbons (Fsp3) is 0.514. The summed E-state index contributed by atoms with van der Waals surface area (Å²) in [4.78, 5) is 48.9. The van der Waals surface area contributed by atoms with E-state index in [0.29, 0.717) is 51.9 Å². The lowest BCUT2D eigenvalue weighted by molar-refractivity contribution is -0.122. The fourth-order valence-electron chi connectivity index (χ4n) is 5.81. The number of amides is 3. The Hall–Kier alpha value is -3.80. The molecule has 0 spiro atoms. The second-order valence-electron chi connectivity index (χ2n) is 12.8. The first-order chi connectivity index (χ1) is 23.3. The summed E-state index contributed by atoms with van der Waals surface area (Å²) < 4.78 is 11.0. The van der Waals surface area contributed by atoms with Crippen molar-refractivity contribution in [3.63, 3.8) is 0 Å². The third-order valence-electron chi connectivity index (χ3n) is 8.88. The van der Waals surface area contributed by atoms with Crippen molar-refractivity contribution < 1.29 is 23.9 Å². The Balaban J connectivity index is 1.46. The van der Waals surface area contributed by atoms with Gasteiger partial charge in [-0.3, -0.25) is 14.7 Å². The standard InChI is InChI=1S/C37H51N5O5S/c1-28(2)41(3)36(44)40-34(16-17-42-18-20-46-21-19-42)35(43)24-31(22-29-10-6-4-7-11-29)14-15-32(23-30-12-8-5-9-13-30)39-37(45)47-26-33-25-38-27-48-33/h4-13,25,27-28,31-32,34H,14-24,26H2,1-3H3,(H,39,45)(H,40,44)/t31-,32+,34+/m0/s1. The van der Waals surface area contributed by atoms with Crippen LogP contribution >= 0.6 is 11.3 Å². The molecule has 10 nitrogen and oxygen atoms in total. The average molecular weight is 678 g/mol. The number of urea groups is 1. The predicted octanol–water partition coefficient (Wildman–Crippen LogP) is 5.72. The first-order valence-corrected chi connectivity index (χ1v) is 17.9. The van der Waals surface area contributed by atoms with Gasteiger partial charge in [0.15, 0.2) is 5.78 Å². The van der Waals surface area contributed by atoms with E-state index in [0.717, 1.165) is 35.5 Å². The molecule has 4 rings (SSSR count). The zero-order valence-electron chi connectivity index (χ0n) is 28.5. The topological polar surface area (TPSA) is 113 Å². The maximum Gasteiger partial charge on any atom is 0.407 e. The lowest BCUT2D eigenvalue weighted by atomic mass is 9.86. The van der Waals surface area contributed by atoms with Gasteiger partial charge in [0.1, 0.15) is 6.61 Å². The van der Waals surface area contributed by atoms with Crippen LogP contribution in [0, 0.1) is 5.92 Å². The number of carbonyl (C=O) groups excluding carboxylic acids is 3. The van der Waals surface area contributed by atoms with Gasteiger partial charge in [0.25, 0.3) is 0 Å². The van der Waals surface area contributed by atoms with Crippen molar-refractivity contribution in [2.45, 2.75) is 77.1 Å². The minimum atomic E-state index is -0.597. The maximum atomic E-state index is 14.1. The number of Topliss-reactive ketones (excluding diaryl/α,β-unsaturated/α-hetero) is 1. The summed E-state index contributed by atoms with van der Waals surface area (Å²) >= 11 is 1.44. The SMILES string of the molecule is CC(C)N(C)C(=O)N[C@H](CCN1CCOCC1)C(=O)C[C@@H](CC[C@H](Cc1ccccc1)NC(=O)OCc1cncs1)Cc1ccccc1. The zero-order chi connectivity index (χ0) is 34.1. The molecule has 1 aliphatic heterocycles. The van der Waals surface area contributed by atoms with E-state index in [9.17, 15) is 14.4 Å². The molecule has 3 aromatic rings. The molecule has 2 heterocycles. The van der Waals surface area contributed by atoms with Crippen molar-refractivity contribution in [2.24, 2.45) is 5.92 Å². The number of ether oxygens (including phenoxy) is 2. The quantitative estimate of drug-likeness (QED) is 0.177. The summed E-state index contributed by atoms with van der Waals surface area (Å²) in [5.41, 5.74) is 3.98. The highest BCUT2D eigenvalue weighted by Gasteiger charge is 2.28. The molecule has 0 unspecified atom stereocenters. The number of ketones is 1. The number of nitrogens with one attached hydrogen (secondary N) is 2. The third kappa shape index (κ3) is 13.0. The highest BCUT2D eigenvalue weighted by Crippen LogP contribution is 2.22. The van der Waals surface area contributed by atoms with E-state index in [2.05, 4.69) is 44.8 Å². The van der Waals surface area contributed by atoms with Gasteiger partial charge in [0.2, 0.25) is 0 Å². The molecule has 3 atom stereocenters. The number of aromatic nitrogens is 1. The van der Waals surface area contributed by atoms with Crippen LogP contribution in [0.5, 0.6) is 0 Å². The van der Waals surface area contributed by atoms with Crippen molar-refractivity contribution in [3.05, 3.63) is 88.4 Å². The van der Waals surface area contributed by atoms with Gasteiger partial charge in [0.05, 0.1) is 29.6 Å². The monoisotopic (exact) mass is 677 g/mol. The summed E-state index contributed by atoms with van der Waals surface area (Å²) in [6, 6.07) is 19.2. The average Bonchev–Trinajstić information content (AvgIpc) is 3.63. The number of thiazole rings is 1. The van der Waals surface area contributed by atoms with E-state index < -0.39 is 12.1 Å². The van der Waals surface area contributed by atoms with Crippen LogP contribution in [-0.2, 0) is 33.7 Å². The number of nitrogens with zero attached hydrogens (tertiary/aromatic N) is 3. The van der Waals surface area contributed by atoms with E-state index >= 15 is 0 Å². The minimum Gasteiger partial charge on any atom is -0.444 e. The van der Waals surface area contributed by atoms with E-state index in [4.69, 9.17) is 9.47 Å². The number of benzene rings is 2. The van der Waals surface area contributed by atoms with Crippen LogP contribution in [0.25, 0.3) is 0 Å². The van der Waals surface area contributed by atoms with Gasteiger partial charge < -0.3 is 25.0 Å². The van der Waals surface area contributed by atoms with Crippen LogP contribution in [0.3, 0.4) is 0 Å². The van der Waals surface area contributed by atoms with Gasteiger partial charge in [-0.15, -0.1) is 11.3 Å². The summed E-state index contributed by atoms with van der Waals surface area (Å²) in [7, 11) is 1.75. The second kappa shape index (κ2) is 19.9. The minimum absolute atomic E-state index is 0.00791. The molecule has 2 N–H and O–H groups in total. The number of hydrogen-bond acceptors (Lipinski definition) is 8. The molecule has 0 aliphatic carbocycles. The van der Waals surface area contributed by atoms with Gasteiger partial charge in [-0.1, -0.05) is 60.7 Å². The van der Waals surface area contributed by atoms with E-state index in [1.807, 2.05) is 50.2 Å². The van der Waals surface area contributed by atoms with Gasteiger partial charge in [-0.05, 0) is 63.0 Å². The lowest BCUT2D eigenvalue weighted by Gasteiger charge is -2.30. The highest BCUT2D eigenvalue weighted by molar-refractivity contribution is 7.09. The van der Waals surface area contributed by atoms with Gasteiger partial charge in [-0.25, -0.2) is 9.59 Å². The molecule has 48 heavy (non-hydrogen) atoms. The third-order valence-corrected chi connectivity index (χ3v) is 9.63. The molecule has 0 bridgehead atoms. The van der Waals surface area contributed by atoms with Crippen molar-refractivity contribution in [1.29, 1.82) is 0 Å². The van der Waals surface area contributed by atoms with Gasteiger partial charge in [0, 0.05) is 51.4 Å². The van der Waals surface area contributed by atoms with Crippen molar-refractivity contribution in [1.82, 2.24) is 25.4 Å². The van der Waals surface area contributed by atoms with Crippen LogP contribution in [0.4, 0.5) is 9.59 Å². The smallest absolute Gasteiger partial charge is 0.407 e. The van der Waals surface area contributed by atoms with Crippen LogP contribution in [0.2, 0.25) is 0 Å². The molecule has 3 amide bonds. The van der Waals surface area contributed by atoms with Crippen molar-refractivity contribution >= 4 is 29.2 Å². The van der Waals surface area contributed by atoms with E-state index in [1.165, 1.54) is 11.3 Å². The Bertz CT molecular complexity index is 1370. The van der Waals surface area contributed by atoms with Gasteiger partial charge in [-0.2, -0.15) is 0 Å². The number of hydrogen-bond donors (Lipinski definition) is 2. The molecule has 11 heteroatoms. The zero-order valence-corrected chi connectivity index (χ0v) is 29.3. The Morgan fingerprint density at radius 2 is 1.60 bits per heavy atom. The number of alkyl carbamates (subject to hydrolysis) is 1. The van der Waals surface area contributed by atoms with Crippen LogP contribution < -0.4 is 10.6 Å². The van der Waals surface area contributed by atoms with Crippen molar-refractivity contribution in [3.8, 4) is 0 Å². The number of carbonyl (C=O) groups is 3. The van der Waals surface area contributed by atoms with Crippen molar-refractivity contribution in [2.75, 3.05) is 39.9 Å². The first-order valence-electron chi connectivity index (χ1n) is 17.0. The molecular weight excluding hydrogens is 627 g/mol. The van der Waals surface area contributed by atoms with E-state index in [-0.39, 0.29) is 36.4 Å². The largest absolute Gasteiger partial charge is 0.444 e. The molecule has 1 aliphatic rings. The molecule has 1 fully saturated rings. The molecular formula is C37H51N5O5S. The van der Waals surface area contributed by atoms with Crippen LogP contribution in [0.1, 0.15) is 55.5 Å². The summed E-state index contributed by atoms with van der Waals surface area (Å²) in [6.07, 6.45) is 4.82. The lowest BCUT2D eigenvalue weighted by Crippen LogP contribution is -2.50. The number of morpholine rings is 1. The van der Waals surface area contributed by atoms with Gasteiger partial charge >= 0.3 is 12.1 Å². The number of rotatable bonds is 18. The summed E-state index contributed by atoms with van der Waals surface area (Å²) in [6.45, 7) is 7.78. The molecule has 1 saturated heterocycles. The normalized spacial score (nSPS) is 15.3. The molecule has 260 valence electrons. The van der Waals surface area contributed by atoms with E-state index in [1.54, 1.807) is 23.7 Å². The molecule has 2 aromatic carbocycles. The van der Waals surface area contributed by atoms with Crippen LogP contribution in [0.15, 0.2) is 72.4 Å².